The number of carboxylic acid groups (broad SMARTS) is 1. The number of thiazole rings is 1. The lowest BCUT2D eigenvalue weighted by atomic mass is 10.1. The lowest BCUT2D eigenvalue weighted by Crippen LogP contribution is -2.15. The van der Waals surface area contributed by atoms with Crippen molar-refractivity contribution in [1.82, 2.24) is 4.98 Å². The number of halogens is 1. The SMILES string of the molecule is O=C(Nc1cccc(Cl)c1C(=O)O)c1cscn1. The number of benzene rings is 1. The first-order valence-corrected chi connectivity index (χ1v) is 6.13. The van der Waals surface area contributed by atoms with Crippen LogP contribution in [0.3, 0.4) is 0 Å². The number of nitrogens with zero attached hydrogens (tertiary/aromatic N) is 1. The highest BCUT2D eigenvalue weighted by Gasteiger charge is 2.17. The fourth-order valence-electron chi connectivity index (χ4n) is 1.36. The van der Waals surface area contributed by atoms with Gasteiger partial charge in [0.1, 0.15) is 11.3 Å². The van der Waals surface area contributed by atoms with Crippen molar-refractivity contribution in [3.63, 3.8) is 0 Å². The number of aromatic nitrogens is 1. The molecule has 0 bridgehead atoms. The number of aromatic carboxylic acids is 1. The molecule has 0 unspecified atom stereocenters. The van der Waals surface area contributed by atoms with E-state index in [9.17, 15) is 9.59 Å². The molecule has 1 amide bonds. The molecule has 1 aromatic carbocycles. The van der Waals surface area contributed by atoms with Crippen molar-refractivity contribution < 1.29 is 14.7 Å². The van der Waals surface area contributed by atoms with Crippen molar-refractivity contribution in [2.45, 2.75) is 0 Å². The van der Waals surface area contributed by atoms with Crippen LogP contribution >= 0.6 is 22.9 Å². The summed E-state index contributed by atoms with van der Waals surface area (Å²) in [5.74, 6) is -1.67. The van der Waals surface area contributed by atoms with Gasteiger partial charge in [-0.15, -0.1) is 11.3 Å². The smallest absolute Gasteiger partial charge is 0.339 e. The molecule has 0 aliphatic carbocycles. The standard InChI is InChI=1S/C11H7ClN2O3S/c12-6-2-1-3-7(9(6)11(16)17)14-10(15)8-4-18-5-13-8/h1-5H,(H,14,15)(H,16,17). The van der Waals surface area contributed by atoms with Crippen molar-refractivity contribution in [1.29, 1.82) is 0 Å². The van der Waals surface area contributed by atoms with Gasteiger partial charge < -0.3 is 10.4 Å². The molecule has 0 saturated carbocycles. The van der Waals surface area contributed by atoms with E-state index in [0.717, 1.165) is 0 Å². The first kappa shape index (κ1) is 12.5. The Morgan fingerprint density at radius 2 is 2.17 bits per heavy atom. The Bertz CT molecular complexity index is 598. The van der Waals surface area contributed by atoms with E-state index in [-0.39, 0.29) is 22.0 Å². The minimum Gasteiger partial charge on any atom is -0.478 e. The quantitative estimate of drug-likeness (QED) is 0.907. The van der Waals surface area contributed by atoms with Gasteiger partial charge in [-0.2, -0.15) is 0 Å². The van der Waals surface area contributed by atoms with Crippen LogP contribution in [0.4, 0.5) is 5.69 Å². The number of amides is 1. The van der Waals surface area contributed by atoms with E-state index in [1.165, 1.54) is 29.0 Å². The zero-order valence-corrected chi connectivity index (χ0v) is 10.5. The van der Waals surface area contributed by atoms with Gasteiger partial charge in [0.2, 0.25) is 0 Å². The summed E-state index contributed by atoms with van der Waals surface area (Å²) in [5.41, 5.74) is 1.76. The summed E-state index contributed by atoms with van der Waals surface area (Å²) in [6.45, 7) is 0. The average Bonchev–Trinajstić information content (AvgIpc) is 2.81. The molecule has 2 N–H and O–H groups in total. The Morgan fingerprint density at radius 3 is 2.78 bits per heavy atom. The van der Waals surface area contributed by atoms with E-state index in [2.05, 4.69) is 10.3 Å². The van der Waals surface area contributed by atoms with Gasteiger partial charge in [-0.1, -0.05) is 17.7 Å². The van der Waals surface area contributed by atoms with Gasteiger partial charge in [-0.05, 0) is 12.1 Å². The molecule has 0 saturated heterocycles. The molecule has 5 nitrogen and oxygen atoms in total. The largest absolute Gasteiger partial charge is 0.478 e. The maximum Gasteiger partial charge on any atom is 0.339 e. The molecule has 0 aliphatic heterocycles. The molecular weight excluding hydrogens is 276 g/mol. The molecule has 92 valence electrons. The molecule has 1 aromatic heterocycles. The number of nitrogens with one attached hydrogen (secondary N) is 1. The molecule has 7 heteroatoms. The molecule has 0 spiro atoms. The zero-order valence-electron chi connectivity index (χ0n) is 8.88. The molecule has 0 radical (unpaired) electrons. The number of carbonyl (C=O) groups excluding carboxylic acids is 1. The van der Waals surface area contributed by atoms with Gasteiger partial charge in [-0.25, -0.2) is 9.78 Å². The van der Waals surface area contributed by atoms with E-state index < -0.39 is 11.9 Å². The maximum atomic E-state index is 11.8. The molecule has 0 fully saturated rings. The summed E-state index contributed by atoms with van der Waals surface area (Å²) in [4.78, 5) is 26.7. The fourth-order valence-corrected chi connectivity index (χ4v) is 2.14. The van der Waals surface area contributed by atoms with Crippen molar-refractivity contribution in [3.05, 3.63) is 45.4 Å². The topological polar surface area (TPSA) is 79.3 Å². The van der Waals surface area contributed by atoms with Gasteiger partial charge in [-0.3, -0.25) is 4.79 Å². The highest BCUT2D eigenvalue weighted by molar-refractivity contribution is 7.07. The van der Waals surface area contributed by atoms with Crippen molar-refractivity contribution >= 4 is 40.5 Å². The Hall–Kier alpha value is -1.92. The van der Waals surface area contributed by atoms with Gasteiger partial charge >= 0.3 is 5.97 Å². The second-order valence-corrected chi connectivity index (χ2v) is 4.42. The Morgan fingerprint density at radius 1 is 1.39 bits per heavy atom. The number of carboxylic acids is 1. The first-order valence-electron chi connectivity index (χ1n) is 4.81. The molecular formula is C11H7ClN2O3S. The van der Waals surface area contributed by atoms with Crippen LogP contribution in [-0.4, -0.2) is 22.0 Å². The van der Waals surface area contributed by atoms with Gasteiger partial charge in [0.25, 0.3) is 5.91 Å². The monoisotopic (exact) mass is 282 g/mol. The summed E-state index contributed by atoms with van der Waals surface area (Å²) < 4.78 is 0. The summed E-state index contributed by atoms with van der Waals surface area (Å²) in [7, 11) is 0. The van der Waals surface area contributed by atoms with Crippen LogP contribution in [0.2, 0.25) is 5.02 Å². The highest BCUT2D eigenvalue weighted by Crippen LogP contribution is 2.24. The molecule has 0 aliphatic rings. The van der Waals surface area contributed by atoms with Crippen LogP contribution in [0.1, 0.15) is 20.8 Å². The maximum absolute atomic E-state index is 11.8. The zero-order chi connectivity index (χ0) is 13.1. The summed E-state index contributed by atoms with van der Waals surface area (Å²) in [6.07, 6.45) is 0. The van der Waals surface area contributed by atoms with Crippen molar-refractivity contribution in [2.24, 2.45) is 0 Å². The third-order valence-corrected chi connectivity index (χ3v) is 3.04. The lowest BCUT2D eigenvalue weighted by molar-refractivity contribution is 0.0698. The number of carbonyl (C=O) groups is 2. The van der Waals surface area contributed by atoms with Crippen LogP contribution in [0.5, 0.6) is 0 Å². The van der Waals surface area contributed by atoms with Crippen LogP contribution < -0.4 is 5.32 Å². The third kappa shape index (κ3) is 2.49. The van der Waals surface area contributed by atoms with Gasteiger partial charge in [0, 0.05) is 5.38 Å². The second kappa shape index (κ2) is 5.16. The third-order valence-electron chi connectivity index (χ3n) is 2.14. The van der Waals surface area contributed by atoms with Crippen LogP contribution in [0, 0.1) is 0 Å². The van der Waals surface area contributed by atoms with E-state index in [1.54, 1.807) is 11.4 Å². The predicted octanol–water partition coefficient (Wildman–Crippen LogP) is 2.75. The lowest BCUT2D eigenvalue weighted by Gasteiger charge is -2.08. The molecule has 2 aromatic rings. The number of hydrogen-bond donors (Lipinski definition) is 2. The molecule has 18 heavy (non-hydrogen) atoms. The fraction of sp³-hybridized carbons (Fsp3) is 0. The summed E-state index contributed by atoms with van der Waals surface area (Å²) >= 11 is 7.06. The second-order valence-electron chi connectivity index (χ2n) is 3.30. The molecule has 1 heterocycles. The normalized spacial score (nSPS) is 10.1. The van der Waals surface area contributed by atoms with E-state index in [1.807, 2.05) is 0 Å². The van der Waals surface area contributed by atoms with Crippen LogP contribution in [0.15, 0.2) is 29.1 Å². The minimum atomic E-state index is -1.20. The minimum absolute atomic E-state index is 0.0681. The van der Waals surface area contributed by atoms with Crippen LogP contribution in [-0.2, 0) is 0 Å². The highest BCUT2D eigenvalue weighted by atomic mass is 35.5. The van der Waals surface area contributed by atoms with Crippen molar-refractivity contribution in [3.8, 4) is 0 Å². The number of anilines is 1. The number of rotatable bonds is 3. The predicted molar refractivity (Wildman–Crippen MR) is 68.5 cm³/mol. The van der Waals surface area contributed by atoms with Crippen LogP contribution in [0.25, 0.3) is 0 Å². The Kier molecular flexibility index (Phi) is 3.59. The summed E-state index contributed by atoms with van der Waals surface area (Å²) in [6, 6.07) is 4.48. The van der Waals surface area contributed by atoms with Crippen molar-refractivity contribution in [2.75, 3.05) is 5.32 Å². The van der Waals surface area contributed by atoms with Gasteiger partial charge in [0.05, 0.1) is 16.2 Å². The van der Waals surface area contributed by atoms with E-state index in [0.29, 0.717) is 0 Å². The van der Waals surface area contributed by atoms with E-state index >= 15 is 0 Å². The molecule has 2 rings (SSSR count). The van der Waals surface area contributed by atoms with E-state index in [4.69, 9.17) is 16.7 Å². The Labute approximate surface area is 111 Å². The Balaban J connectivity index is 2.32. The molecule has 0 atom stereocenters. The summed E-state index contributed by atoms with van der Waals surface area (Å²) in [5, 5.41) is 13.2. The van der Waals surface area contributed by atoms with Gasteiger partial charge in [0.15, 0.2) is 0 Å². The first-order chi connectivity index (χ1) is 8.59. The number of hydrogen-bond acceptors (Lipinski definition) is 4. The average molecular weight is 283 g/mol.